The molecule has 4 atom stereocenters. The molecule has 1 saturated heterocycles. The average Bonchev–Trinajstić information content (AvgIpc) is 2.10. The minimum Gasteiger partial charge on any atom is -0.394 e. The first-order valence-electron chi connectivity index (χ1n) is 3.69. The summed E-state index contributed by atoms with van der Waals surface area (Å²) in [4.78, 5) is 0. The van der Waals surface area contributed by atoms with E-state index in [2.05, 4.69) is 0 Å². The Labute approximate surface area is 69.4 Å². The van der Waals surface area contributed by atoms with E-state index in [0.717, 1.165) is 0 Å². The number of rotatable bonds is 2. The number of ether oxygens (including phenoxy) is 1. The van der Waals surface area contributed by atoms with Crippen molar-refractivity contribution in [1.82, 2.24) is 5.48 Å². The highest BCUT2D eigenvalue weighted by Gasteiger charge is 2.37. The van der Waals surface area contributed by atoms with Gasteiger partial charge in [-0.25, -0.2) is 0 Å². The maximum atomic E-state index is 9.28. The van der Waals surface area contributed by atoms with Gasteiger partial charge in [-0.1, -0.05) is 0 Å². The van der Waals surface area contributed by atoms with Gasteiger partial charge in [-0.05, 0) is 0 Å². The van der Waals surface area contributed by atoms with Gasteiger partial charge in [0, 0.05) is 0 Å². The number of nitrogens with one attached hydrogen (secondary N) is 1. The summed E-state index contributed by atoms with van der Waals surface area (Å²) >= 11 is 0. The van der Waals surface area contributed by atoms with Crippen LogP contribution in [0.5, 0.6) is 0 Å². The number of hydrogen-bond donors (Lipinski definition) is 5. The van der Waals surface area contributed by atoms with E-state index in [-0.39, 0.29) is 13.2 Å². The molecule has 5 N–H and O–H groups in total. The average molecular weight is 179 g/mol. The van der Waals surface area contributed by atoms with Gasteiger partial charge in [0.2, 0.25) is 0 Å². The molecule has 0 aromatic rings. The minimum atomic E-state index is -1.17. The molecule has 0 amide bonds. The second-order valence-corrected chi connectivity index (χ2v) is 2.77. The first-order valence-corrected chi connectivity index (χ1v) is 3.69. The maximum absolute atomic E-state index is 9.28. The van der Waals surface area contributed by atoms with Crippen molar-refractivity contribution in [3.63, 3.8) is 0 Å². The van der Waals surface area contributed by atoms with Crippen molar-refractivity contribution in [1.29, 1.82) is 0 Å². The number of hydroxylamine groups is 1. The van der Waals surface area contributed by atoms with Crippen LogP contribution in [0.15, 0.2) is 0 Å². The van der Waals surface area contributed by atoms with Gasteiger partial charge in [0.25, 0.3) is 0 Å². The van der Waals surface area contributed by atoms with E-state index < -0.39 is 24.4 Å². The summed E-state index contributed by atoms with van der Waals surface area (Å²) < 4.78 is 4.93. The van der Waals surface area contributed by atoms with Crippen molar-refractivity contribution in [2.45, 2.75) is 24.4 Å². The van der Waals surface area contributed by atoms with Crippen LogP contribution in [0.2, 0.25) is 0 Å². The molecule has 0 aromatic heterocycles. The van der Waals surface area contributed by atoms with Crippen molar-refractivity contribution >= 4 is 0 Å². The van der Waals surface area contributed by atoms with E-state index in [1.807, 2.05) is 5.48 Å². The molecule has 0 spiro atoms. The Balaban J connectivity index is 2.52. The molecule has 0 aromatic carbocycles. The van der Waals surface area contributed by atoms with Gasteiger partial charge < -0.3 is 25.3 Å². The SMILES string of the molecule is OCC1OCC(NO)C(O)C1O. The third-order valence-electron chi connectivity index (χ3n) is 1.98. The summed E-state index contributed by atoms with van der Waals surface area (Å²) in [5.41, 5.74) is 1.81. The van der Waals surface area contributed by atoms with Gasteiger partial charge >= 0.3 is 0 Å². The normalized spacial score (nSPS) is 43.0. The summed E-state index contributed by atoms with van der Waals surface area (Å²) in [6, 6.07) is -0.706. The van der Waals surface area contributed by atoms with Crippen molar-refractivity contribution in [3.8, 4) is 0 Å². The van der Waals surface area contributed by atoms with Gasteiger partial charge in [0.15, 0.2) is 0 Å². The molecule has 0 radical (unpaired) electrons. The standard InChI is InChI=1S/C6H13NO5/c8-1-4-6(10)5(9)3(7-11)2-12-4/h3-11H,1-2H2. The third kappa shape index (κ3) is 1.74. The summed E-state index contributed by atoms with van der Waals surface area (Å²) in [6.45, 7) is -0.295. The van der Waals surface area contributed by atoms with Crippen molar-refractivity contribution in [2.24, 2.45) is 0 Å². The van der Waals surface area contributed by atoms with Crippen LogP contribution in [0.4, 0.5) is 0 Å². The van der Waals surface area contributed by atoms with Crippen LogP contribution >= 0.6 is 0 Å². The van der Waals surface area contributed by atoms with Gasteiger partial charge in [0.1, 0.15) is 18.3 Å². The Morgan fingerprint density at radius 2 is 2.00 bits per heavy atom. The van der Waals surface area contributed by atoms with E-state index >= 15 is 0 Å². The second kappa shape index (κ2) is 4.13. The lowest BCUT2D eigenvalue weighted by Crippen LogP contribution is -2.58. The minimum absolute atomic E-state index is 0.0555. The number of aliphatic hydroxyl groups excluding tert-OH is 3. The summed E-state index contributed by atoms with van der Waals surface area (Å²) in [5, 5.41) is 35.7. The van der Waals surface area contributed by atoms with Gasteiger partial charge in [-0.3, -0.25) is 0 Å². The maximum Gasteiger partial charge on any atom is 0.110 e. The Hall–Kier alpha value is -0.240. The first-order chi connectivity index (χ1) is 5.70. The molecule has 0 aliphatic carbocycles. The fourth-order valence-electron chi connectivity index (χ4n) is 1.16. The van der Waals surface area contributed by atoms with Crippen LogP contribution in [0.1, 0.15) is 0 Å². The third-order valence-corrected chi connectivity index (χ3v) is 1.98. The fourth-order valence-corrected chi connectivity index (χ4v) is 1.16. The lowest BCUT2D eigenvalue weighted by atomic mass is 9.99. The van der Waals surface area contributed by atoms with E-state index in [0.29, 0.717) is 0 Å². The van der Waals surface area contributed by atoms with E-state index in [1.165, 1.54) is 0 Å². The summed E-state index contributed by atoms with van der Waals surface area (Å²) in [5.74, 6) is 0. The first kappa shape index (κ1) is 9.85. The Morgan fingerprint density at radius 3 is 2.50 bits per heavy atom. The quantitative estimate of drug-likeness (QED) is 0.299. The highest BCUT2D eigenvalue weighted by atomic mass is 16.5. The zero-order valence-corrected chi connectivity index (χ0v) is 6.42. The van der Waals surface area contributed by atoms with Crippen LogP contribution in [-0.2, 0) is 4.74 Å². The molecule has 1 aliphatic heterocycles. The van der Waals surface area contributed by atoms with E-state index in [4.69, 9.17) is 15.1 Å². The van der Waals surface area contributed by atoms with Crippen LogP contribution < -0.4 is 5.48 Å². The molecular formula is C6H13NO5. The molecule has 0 bridgehead atoms. The Kier molecular flexibility index (Phi) is 3.39. The zero-order valence-electron chi connectivity index (χ0n) is 6.42. The van der Waals surface area contributed by atoms with Crippen molar-refractivity contribution < 1.29 is 25.3 Å². The van der Waals surface area contributed by atoms with Crippen LogP contribution in [-0.4, -0.2) is 58.1 Å². The molecular weight excluding hydrogens is 166 g/mol. The van der Waals surface area contributed by atoms with E-state index in [9.17, 15) is 10.2 Å². The van der Waals surface area contributed by atoms with Crippen molar-refractivity contribution in [2.75, 3.05) is 13.2 Å². The summed E-state index contributed by atoms with van der Waals surface area (Å²) in [7, 11) is 0. The molecule has 12 heavy (non-hydrogen) atoms. The predicted molar refractivity (Wildman–Crippen MR) is 37.5 cm³/mol. The van der Waals surface area contributed by atoms with Crippen LogP contribution in [0.25, 0.3) is 0 Å². The predicted octanol–water partition coefficient (Wildman–Crippen LogP) is -2.55. The lowest BCUT2D eigenvalue weighted by molar-refractivity contribution is -0.175. The highest BCUT2D eigenvalue weighted by molar-refractivity contribution is 4.88. The smallest absolute Gasteiger partial charge is 0.110 e. The molecule has 1 heterocycles. The molecule has 4 unspecified atom stereocenters. The van der Waals surface area contributed by atoms with Gasteiger partial charge in [0.05, 0.1) is 19.3 Å². The molecule has 6 heteroatoms. The largest absolute Gasteiger partial charge is 0.394 e. The Bertz CT molecular complexity index is 128. The van der Waals surface area contributed by atoms with Crippen LogP contribution in [0, 0.1) is 0 Å². The lowest BCUT2D eigenvalue weighted by Gasteiger charge is -2.35. The molecule has 1 fully saturated rings. The topological polar surface area (TPSA) is 102 Å². The van der Waals surface area contributed by atoms with Crippen molar-refractivity contribution in [3.05, 3.63) is 0 Å². The molecule has 6 nitrogen and oxygen atoms in total. The Morgan fingerprint density at radius 1 is 1.33 bits per heavy atom. The zero-order chi connectivity index (χ0) is 9.14. The van der Waals surface area contributed by atoms with Gasteiger partial charge in [-0.15, -0.1) is 0 Å². The molecule has 72 valence electrons. The van der Waals surface area contributed by atoms with E-state index in [1.54, 1.807) is 0 Å². The molecule has 0 saturated carbocycles. The molecule has 1 aliphatic rings. The second-order valence-electron chi connectivity index (χ2n) is 2.77. The number of aliphatic hydroxyl groups is 3. The van der Waals surface area contributed by atoms with Gasteiger partial charge in [-0.2, -0.15) is 5.48 Å². The van der Waals surface area contributed by atoms with Crippen LogP contribution in [0.3, 0.4) is 0 Å². The summed E-state index contributed by atoms with van der Waals surface area (Å²) in [6.07, 6.45) is -3.07. The fraction of sp³-hybridized carbons (Fsp3) is 1.00. The monoisotopic (exact) mass is 179 g/mol. The molecule has 1 rings (SSSR count). The number of hydrogen-bond acceptors (Lipinski definition) is 6. The highest BCUT2D eigenvalue weighted by Crippen LogP contribution is 2.14.